The molecular weight excluding hydrogens is 240 g/mol. The molecule has 1 rings (SSSR count). The van der Waals surface area contributed by atoms with E-state index in [0.29, 0.717) is 18.5 Å². The summed E-state index contributed by atoms with van der Waals surface area (Å²) < 4.78 is 10.7. The molecule has 1 atom stereocenters. The molecule has 0 saturated carbocycles. The van der Waals surface area contributed by atoms with Crippen LogP contribution in [0.5, 0.6) is 11.5 Å². The number of ether oxygens (including phenoxy) is 2. The highest BCUT2D eigenvalue weighted by Crippen LogP contribution is 2.26. The van der Waals surface area contributed by atoms with Gasteiger partial charge in [-0.25, -0.2) is 0 Å². The lowest BCUT2D eigenvalue weighted by atomic mass is 10.0. The predicted molar refractivity (Wildman–Crippen MR) is 78.7 cm³/mol. The summed E-state index contributed by atoms with van der Waals surface area (Å²) in [4.78, 5) is 2.27. The minimum atomic E-state index is 0.357. The van der Waals surface area contributed by atoms with E-state index in [9.17, 15) is 0 Å². The van der Waals surface area contributed by atoms with Gasteiger partial charge in [-0.3, -0.25) is 4.90 Å². The van der Waals surface area contributed by atoms with Crippen molar-refractivity contribution in [2.45, 2.75) is 26.4 Å². The monoisotopic (exact) mass is 266 g/mol. The van der Waals surface area contributed by atoms with Crippen molar-refractivity contribution in [3.05, 3.63) is 23.8 Å². The van der Waals surface area contributed by atoms with E-state index < -0.39 is 0 Å². The molecule has 4 nitrogen and oxygen atoms in total. The first-order chi connectivity index (χ1) is 9.03. The molecule has 0 spiro atoms. The van der Waals surface area contributed by atoms with E-state index >= 15 is 0 Å². The third-order valence-corrected chi connectivity index (χ3v) is 3.48. The van der Waals surface area contributed by atoms with Gasteiger partial charge in [0, 0.05) is 24.7 Å². The van der Waals surface area contributed by atoms with Gasteiger partial charge in [0.2, 0.25) is 0 Å². The zero-order chi connectivity index (χ0) is 14.4. The number of hydrogen-bond acceptors (Lipinski definition) is 4. The second kappa shape index (κ2) is 7.36. The number of nitrogens with two attached hydrogens (primary N) is 1. The maximum atomic E-state index is 5.86. The van der Waals surface area contributed by atoms with Gasteiger partial charge < -0.3 is 15.2 Å². The highest BCUT2D eigenvalue weighted by atomic mass is 16.5. The lowest BCUT2D eigenvalue weighted by Crippen LogP contribution is -2.41. The largest absolute Gasteiger partial charge is 0.497 e. The topological polar surface area (TPSA) is 47.7 Å². The quantitative estimate of drug-likeness (QED) is 0.821. The van der Waals surface area contributed by atoms with Gasteiger partial charge >= 0.3 is 0 Å². The average Bonchev–Trinajstić information content (AvgIpc) is 2.38. The SMILES string of the molecule is COc1ccc(OC)c(CN(C)C(CN)C(C)C)c1. The van der Waals surface area contributed by atoms with Gasteiger partial charge in [-0.2, -0.15) is 0 Å². The van der Waals surface area contributed by atoms with E-state index in [1.165, 1.54) is 0 Å². The van der Waals surface area contributed by atoms with Crippen molar-refractivity contribution in [2.75, 3.05) is 27.8 Å². The minimum absolute atomic E-state index is 0.357. The summed E-state index contributed by atoms with van der Waals surface area (Å²) >= 11 is 0. The second-order valence-corrected chi connectivity index (χ2v) is 5.14. The first kappa shape index (κ1) is 15.8. The summed E-state index contributed by atoms with van der Waals surface area (Å²) in [6.07, 6.45) is 0. The van der Waals surface area contributed by atoms with Gasteiger partial charge in [-0.15, -0.1) is 0 Å². The summed E-state index contributed by atoms with van der Waals surface area (Å²) in [5.41, 5.74) is 6.97. The Hall–Kier alpha value is -1.26. The standard InChI is InChI=1S/C15H26N2O2/c1-11(2)14(9-16)17(3)10-12-8-13(18-4)6-7-15(12)19-5/h6-8,11,14H,9-10,16H2,1-5H3. The van der Waals surface area contributed by atoms with E-state index in [0.717, 1.165) is 23.6 Å². The predicted octanol–water partition coefficient (Wildman–Crippen LogP) is 2.12. The molecule has 0 radical (unpaired) electrons. The number of hydrogen-bond donors (Lipinski definition) is 1. The molecule has 0 bridgehead atoms. The van der Waals surface area contributed by atoms with Gasteiger partial charge in [0.05, 0.1) is 14.2 Å². The van der Waals surface area contributed by atoms with Crippen molar-refractivity contribution >= 4 is 0 Å². The van der Waals surface area contributed by atoms with Crippen LogP contribution < -0.4 is 15.2 Å². The molecule has 0 aromatic heterocycles. The molecule has 1 aromatic carbocycles. The zero-order valence-corrected chi connectivity index (χ0v) is 12.6. The van der Waals surface area contributed by atoms with Crippen LogP contribution in [-0.2, 0) is 6.54 Å². The van der Waals surface area contributed by atoms with E-state index in [4.69, 9.17) is 15.2 Å². The minimum Gasteiger partial charge on any atom is -0.497 e. The molecule has 0 heterocycles. The van der Waals surface area contributed by atoms with Gasteiger partial charge in [-0.1, -0.05) is 13.8 Å². The molecule has 19 heavy (non-hydrogen) atoms. The fourth-order valence-electron chi connectivity index (χ4n) is 2.35. The molecule has 0 amide bonds. The van der Waals surface area contributed by atoms with Crippen molar-refractivity contribution < 1.29 is 9.47 Å². The fourth-order valence-corrected chi connectivity index (χ4v) is 2.35. The van der Waals surface area contributed by atoms with Gasteiger partial charge in [0.15, 0.2) is 0 Å². The van der Waals surface area contributed by atoms with Crippen molar-refractivity contribution in [2.24, 2.45) is 11.7 Å². The Bertz CT molecular complexity index is 394. The smallest absolute Gasteiger partial charge is 0.123 e. The van der Waals surface area contributed by atoms with Crippen LogP contribution in [0.1, 0.15) is 19.4 Å². The molecule has 1 unspecified atom stereocenters. The highest BCUT2D eigenvalue weighted by Gasteiger charge is 2.18. The molecule has 0 aliphatic carbocycles. The molecule has 0 aliphatic rings. The number of benzene rings is 1. The van der Waals surface area contributed by atoms with E-state index in [1.807, 2.05) is 18.2 Å². The van der Waals surface area contributed by atoms with Crippen LogP contribution in [0.15, 0.2) is 18.2 Å². The maximum absolute atomic E-state index is 5.86. The lowest BCUT2D eigenvalue weighted by molar-refractivity contribution is 0.188. The summed E-state index contributed by atoms with van der Waals surface area (Å²) in [5, 5.41) is 0. The van der Waals surface area contributed by atoms with Crippen LogP contribution >= 0.6 is 0 Å². The van der Waals surface area contributed by atoms with Gasteiger partial charge in [-0.05, 0) is 31.2 Å². The summed E-state index contributed by atoms with van der Waals surface area (Å²) in [7, 11) is 5.46. The first-order valence-electron chi connectivity index (χ1n) is 6.64. The molecule has 2 N–H and O–H groups in total. The lowest BCUT2D eigenvalue weighted by Gasteiger charge is -2.30. The van der Waals surface area contributed by atoms with Crippen molar-refractivity contribution in [3.63, 3.8) is 0 Å². The fraction of sp³-hybridized carbons (Fsp3) is 0.600. The second-order valence-electron chi connectivity index (χ2n) is 5.14. The normalized spacial score (nSPS) is 12.8. The molecule has 0 aliphatic heterocycles. The van der Waals surface area contributed by atoms with Gasteiger partial charge in [0.25, 0.3) is 0 Å². The Balaban J connectivity index is 2.90. The van der Waals surface area contributed by atoms with E-state index in [1.54, 1.807) is 14.2 Å². The molecule has 4 heteroatoms. The Labute approximate surface area is 116 Å². The molecular formula is C15H26N2O2. The average molecular weight is 266 g/mol. The van der Waals surface area contributed by atoms with Crippen LogP contribution in [-0.4, -0.2) is 38.8 Å². The van der Waals surface area contributed by atoms with Crippen LogP contribution in [0, 0.1) is 5.92 Å². The number of methoxy groups -OCH3 is 2. The summed E-state index contributed by atoms with van der Waals surface area (Å²) in [6.45, 7) is 5.83. The van der Waals surface area contributed by atoms with Crippen LogP contribution in [0.2, 0.25) is 0 Å². The maximum Gasteiger partial charge on any atom is 0.123 e. The number of nitrogens with zero attached hydrogens (tertiary/aromatic N) is 1. The Morgan fingerprint density at radius 3 is 2.37 bits per heavy atom. The molecule has 108 valence electrons. The highest BCUT2D eigenvalue weighted by molar-refractivity contribution is 5.40. The van der Waals surface area contributed by atoms with Crippen molar-refractivity contribution in [3.8, 4) is 11.5 Å². The number of rotatable bonds is 7. The Morgan fingerprint density at radius 1 is 1.21 bits per heavy atom. The van der Waals surface area contributed by atoms with E-state index in [-0.39, 0.29) is 0 Å². The zero-order valence-electron chi connectivity index (χ0n) is 12.6. The van der Waals surface area contributed by atoms with Gasteiger partial charge in [0.1, 0.15) is 11.5 Å². The van der Waals surface area contributed by atoms with Crippen LogP contribution in [0.3, 0.4) is 0 Å². The van der Waals surface area contributed by atoms with Crippen molar-refractivity contribution in [1.29, 1.82) is 0 Å². The molecule has 0 saturated heterocycles. The van der Waals surface area contributed by atoms with E-state index in [2.05, 4.69) is 25.8 Å². The van der Waals surface area contributed by atoms with Crippen molar-refractivity contribution in [1.82, 2.24) is 4.90 Å². The Morgan fingerprint density at radius 2 is 1.89 bits per heavy atom. The van der Waals surface area contributed by atoms with Crippen LogP contribution in [0.25, 0.3) is 0 Å². The summed E-state index contributed by atoms with van der Waals surface area (Å²) in [6, 6.07) is 6.22. The Kier molecular flexibility index (Phi) is 6.12. The summed E-state index contributed by atoms with van der Waals surface area (Å²) in [5.74, 6) is 2.25. The third-order valence-electron chi connectivity index (χ3n) is 3.48. The number of likely N-dealkylation sites (N-methyl/N-ethyl adjacent to an activating group) is 1. The third kappa shape index (κ3) is 4.11. The molecule has 1 aromatic rings. The first-order valence-corrected chi connectivity index (χ1v) is 6.64. The van der Waals surface area contributed by atoms with Crippen LogP contribution in [0.4, 0.5) is 0 Å². The molecule has 0 fully saturated rings.